The van der Waals surface area contributed by atoms with Gasteiger partial charge in [0, 0.05) is 10.0 Å². The van der Waals surface area contributed by atoms with E-state index in [4.69, 9.17) is 23.9 Å². The molecule has 1 atom stereocenters. The molecule has 0 bridgehead atoms. The van der Waals surface area contributed by atoms with Crippen molar-refractivity contribution >= 4 is 66.0 Å². The lowest BCUT2D eigenvalue weighted by Gasteiger charge is -2.25. The Bertz CT molecular complexity index is 2290. The van der Waals surface area contributed by atoms with E-state index >= 15 is 0 Å². The Kier molecular flexibility index (Phi) is 10.4. The van der Waals surface area contributed by atoms with Gasteiger partial charge in [-0.15, -0.1) is 0 Å². The van der Waals surface area contributed by atoms with Gasteiger partial charge >= 0.3 is 5.97 Å². The van der Waals surface area contributed by atoms with Crippen molar-refractivity contribution in [2.24, 2.45) is 4.99 Å². The number of benzene rings is 4. The van der Waals surface area contributed by atoms with Crippen molar-refractivity contribution in [3.05, 3.63) is 129 Å². The standard InChI is InChI=1S/C38H34Br2N2O6S/c1-6-46-37(44)33-22(4)41-38-42(34(33)24-14-15-30(48-21(2)3)31(17-24)45-5)36(43)32(49-38)18-26-16-27(39)19-29(40)35(26)47-20-25-12-9-11-23-10-7-8-13-28(23)25/h7-19,21,34H,6,20H2,1-5H3/b32-18+/t34-/m1/s1. The van der Waals surface area contributed by atoms with Gasteiger partial charge in [0.2, 0.25) is 0 Å². The summed E-state index contributed by atoms with van der Waals surface area (Å²) in [6.45, 7) is 7.87. The van der Waals surface area contributed by atoms with Crippen molar-refractivity contribution in [2.75, 3.05) is 13.7 Å². The van der Waals surface area contributed by atoms with Crippen molar-refractivity contribution in [2.45, 2.75) is 46.4 Å². The molecule has 0 fully saturated rings. The number of esters is 1. The van der Waals surface area contributed by atoms with Crippen molar-refractivity contribution < 1.29 is 23.7 Å². The molecule has 0 unspecified atom stereocenters. The number of hydrogen-bond acceptors (Lipinski definition) is 8. The van der Waals surface area contributed by atoms with Gasteiger partial charge in [-0.1, -0.05) is 75.8 Å². The summed E-state index contributed by atoms with van der Waals surface area (Å²) in [6, 6.07) is 22.8. The minimum absolute atomic E-state index is 0.0753. The molecule has 0 N–H and O–H groups in total. The molecule has 252 valence electrons. The van der Waals surface area contributed by atoms with Crippen LogP contribution in [0.5, 0.6) is 17.2 Å². The monoisotopic (exact) mass is 804 g/mol. The minimum Gasteiger partial charge on any atom is -0.493 e. The van der Waals surface area contributed by atoms with Gasteiger partial charge in [0.15, 0.2) is 16.3 Å². The molecule has 0 aliphatic carbocycles. The maximum Gasteiger partial charge on any atom is 0.338 e. The van der Waals surface area contributed by atoms with Crippen LogP contribution in [-0.4, -0.2) is 30.4 Å². The van der Waals surface area contributed by atoms with E-state index in [0.717, 1.165) is 25.3 Å². The third kappa shape index (κ3) is 7.11. The van der Waals surface area contributed by atoms with Crippen LogP contribution in [0.15, 0.2) is 103 Å². The average molecular weight is 807 g/mol. The maximum absolute atomic E-state index is 14.4. The van der Waals surface area contributed by atoms with Crippen molar-refractivity contribution in [1.29, 1.82) is 0 Å². The van der Waals surface area contributed by atoms with Crippen LogP contribution < -0.4 is 29.1 Å². The molecule has 1 aliphatic heterocycles. The first kappa shape index (κ1) is 34.7. The molecular weight excluding hydrogens is 772 g/mol. The second-order valence-corrected chi connectivity index (χ2v) is 14.4. The highest BCUT2D eigenvalue weighted by molar-refractivity contribution is 9.11. The Labute approximate surface area is 304 Å². The topological polar surface area (TPSA) is 88.4 Å². The number of carbonyl (C=O) groups excluding carboxylic acids is 1. The molecule has 2 heterocycles. The molecule has 0 radical (unpaired) electrons. The zero-order valence-electron chi connectivity index (χ0n) is 27.6. The van der Waals surface area contributed by atoms with Gasteiger partial charge < -0.3 is 18.9 Å². The number of ether oxygens (including phenoxy) is 4. The number of hydrogen-bond donors (Lipinski definition) is 0. The van der Waals surface area contributed by atoms with Crippen LogP contribution in [0.3, 0.4) is 0 Å². The molecule has 0 saturated carbocycles. The zero-order valence-corrected chi connectivity index (χ0v) is 31.6. The number of methoxy groups -OCH3 is 1. The van der Waals surface area contributed by atoms with Gasteiger partial charge in [0.25, 0.3) is 5.56 Å². The molecule has 11 heteroatoms. The predicted molar refractivity (Wildman–Crippen MR) is 199 cm³/mol. The summed E-state index contributed by atoms with van der Waals surface area (Å²) in [4.78, 5) is 33.0. The number of carbonyl (C=O) groups is 1. The molecule has 49 heavy (non-hydrogen) atoms. The summed E-state index contributed by atoms with van der Waals surface area (Å²) in [5.41, 5.74) is 2.84. The van der Waals surface area contributed by atoms with E-state index in [9.17, 15) is 9.59 Å². The lowest BCUT2D eigenvalue weighted by molar-refractivity contribution is -0.139. The molecule has 4 aromatic carbocycles. The Morgan fingerprint density at radius 2 is 1.82 bits per heavy atom. The lowest BCUT2D eigenvalue weighted by Crippen LogP contribution is -2.40. The summed E-state index contributed by atoms with van der Waals surface area (Å²) in [7, 11) is 1.56. The van der Waals surface area contributed by atoms with Gasteiger partial charge in [-0.25, -0.2) is 9.79 Å². The number of rotatable bonds is 10. The number of aromatic nitrogens is 1. The van der Waals surface area contributed by atoms with Gasteiger partial charge in [-0.3, -0.25) is 9.36 Å². The van der Waals surface area contributed by atoms with E-state index in [1.807, 2.05) is 56.3 Å². The van der Waals surface area contributed by atoms with E-state index in [1.165, 1.54) is 11.3 Å². The second kappa shape index (κ2) is 14.7. The lowest BCUT2D eigenvalue weighted by atomic mass is 9.95. The SMILES string of the molecule is CCOC(=O)C1=C(C)N=c2s/c(=C/c3cc(Br)cc(Br)c3OCc3cccc4ccccc34)c(=O)n2[C@@H]1c1ccc(OC(C)C)c(OC)c1. The van der Waals surface area contributed by atoms with E-state index < -0.39 is 12.0 Å². The third-order valence-corrected chi connectivity index (χ3v) is 9.99. The van der Waals surface area contributed by atoms with Gasteiger partial charge in [0.05, 0.1) is 46.1 Å². The van der Waals surface area contributed by atoms with Crippen molar-refractivity contribution in [3.8, 4) is 17.2 Å². The van der Waals surface area contributed by atoms with Crippen LogP contribution >= 0.6 is 43.2 Å². The van der Waals surface area contributed by atoms with Gasteiger partial charge in [-0.05, 0) is 95.9 Å². The quantitative estimate of drug-likeness (QED) is 0.134. The summed E-state index contributed by atoms with van der Waals surface area (Å²) < 4.78 is 27.0. The normalized spacial score (nSPS) is 14.5. The first-order valence-corrected chi connectivity index (χ1v) is 18.1. The molecule has 1 aliphatic rings. The van der Waals surface area contributed by atoms with Gasteiger partial charge in [0.1, 0.15) is 12.4 Å². The number of thiazole rings is 1. The van der Waals surface area contributed by atoms with Crippen LogP contribution in [0.2, 0.25) is 0 Å². The number of allylic oxidation sites excluding steroid dienone is 1. The second-order valence-electron chi connectivity index (χ2n) is 11.6. The van der Waals surface area contributed by atoms with Gasteiger partial charge in [-0.2, -0.15) is 0 Å². The molecule has 0 saturated heterocycles. The minimum atomic E-state index is -0.809. The molecule has 6 rings (SSSR count). The summed E-state index contributed by atoms with van der Waals surface area (Å²) in [5.74, 6) is 1.10. The van der Waals surface area contributed by atoms with E-state index in [1.54, 1.807) is 43.7 Å². The molecule has 8 nitrogen and oxygen atoms in total. The first-order valence-electron chi connectivity index (χ1n) is 15.7. The van der Waals surface area contributed by atoms with Crippen LogP contribution in [0.4, 0.5) is 0 Å². The van der Waals surface area contributed by atoms with Crippen molar-refractivity contribution in [3.63, 3.8) is 0 Å². The highest BCUT2D eigenvalue weighted by Gasteiger charge is 2.34. The Morgan fingerprint density at radius 3 is 2.57 bits per heavy atom. The first-order chi connectivity index (χ1) is 23.6. The van der Waals surface area contributed by atoms with E-state index in [2.05, 4.69) is 50.1 Å². The fourth-order valence-corrected chi connectivity index (χ4v) is 8.27. The Hall–Kier alpha value is -4.19. The summed E-state index contributed by atoms with van der Waals surface area (Å²) >= 11 is 8.52. The smallest absolute Gasteiger partial charge is 0.338 e. The fraction of sp³-hybridized carbons (Fsp3) is 0.237. The molecule has 0 amide bonds. The summed E-state index contributed by atoms with van der Waals surface area (Å²) in [6.07, 6.45) is 1.73. The number of fused-ring (bicyclic) bond motifs is 2. The Morgan fingerprint density at radius 1 is 1.04 bits per heavy atom. The third-order valence-electron chi connectivity index (χ3n) is 7.96. The fourth-order valence-electron chi connectivity index (χ4n) is 5.86. The number of nitrogens with zero attached hydrogens (tertiary/aromatic N) is 2. The largest absolute Gasteiger partial charge is 0.493 e. The predicted octanol–water partition coefficient (Wildman–Crippen LogP) is 7.85. The van der Waals surface area contributed by atoms with Crippen LogP contribution in [-0.2, 0) is 16.1 Å². The molecular formula is C38H34Br2N2O6S. The highest BCUT2D eigenvalue weighted by atomic mass is 79.9. The molecule has 5 aromatic rings. The average Bonchev–Trinajstić information content (AvgIpc) is 3.37. The van der Waals surface area contributed by atoms with Crippen LogP contribution in [0.25, 0.3) is 16.8 Å². The zero-order chi connectivity index (χ0) is 34.8. The highest BCUT2D eigenvalue weighted by Crippen LogP contribution is 2.37. The van der Waals surface area contributed by atoms with E-state index in [-0.39, 0.29) is 23.8 Å². The molecule has 1 aromatic heterocycles. The van der Waals surface area contributed by atoms with E-state index in [0.29, 0.717) is 50.0 Å². The van der Waals surface area contributed by atoms with Crippen LogP contribution in [0.1, 0.15) is 50.4 Å². The maximum atomic E-state index is 14.4. The molecule has 0 spiro atoms. The van der Waals surface area contributed by atoms with Crippen LogP contribution in [0, 0.1) is 0 Å². The number of halogens is 2. The van der Waals surface area contributed by atoms with Crippen molar-refractivity contribution in [1.82, 2.24) is 4.57 Å². The summed E-state index contributed by atoms with van der Waals surface area (Å²) in [5, 5.41) is 2.24. The Balaban J connectivity index is 1.48.